The second-order valence-electron chi connectivity index (χ2n) is 5.56. The molecule has 0 bridgehead atoms. The van der Waals surface area contributed by atoms with E-state index < -0.39 is 0 Å². The number of carbonyl (C=O) groups is 1. The first kappa shape index (κ1) is 15.0. The number of rotatable bonds is 3. The topological polar surface area (TPSA) is 46.9 Å². The predicted octanol–water partition coefficient (Wildman–Crippen LogP) is 3.84. The molecule has 0 aliphatic heterocycles. The van der Waals surface area contributed by atoms with Crippen LogP contribution in [0.15, 0.2) is 48.5 Å². The summed E-state index contributed by atoms with van der Waals surface area (Å²) in [4.78, 5) is 12.2. The van der Waals surface area contributed by atoms with Gasteiger partial charge in [0.25, 0.3) is 0 Å². The fourth-order valence-electron chi connectivity index (χ4n) is 2.68. The van der Waals surface area contributed by atoms with Crippen molar-refractivity contribution in [2.24, 2.45) is 7.05 Å². The Morgan fingerprint density at radius 1 is 1.13 bits per heavy atom. The number of carbonyl (C=O) groups excluding carboxylic acids is 1. The first-order valence-corrected chi connectivity index (χ1v) is 7.53. The smallest absolute Gasteiger partial charge is 0.248 e. The minimum atomic E-state index is -0.155. The third-order valence-electron chi connectivity index (χ3n) is 3.99. The van der Waals surface area contributed by atoms with Gasteiger partial charge in [0.1, 0.15) is 0 Å². The molecule has 0 saturated carbocycles. The van der Waals surface area contributed by atoms with Crippen LogP contribution in [0, 0.1) is 13.8 Å². The van der Waals surface area contributed by atoms with E-state index >= 15 is 0 Å². The predicted molar refractivity (Wildman–Crippen MR) is 94.3 cm³/mol. The zero-order valence-electron chi connectivity index (χ0n) is 13.5. The summed E-state index contributed by atoms with van der Waals surface area (Å²) in [6, 6.07) is 14.2. The number of amides is 1. The molecule has 1 amide bonds. The van der Waals surface area contributed by atoms with Gasteiger partial charge in [-0.15, -0.1) is 0 Å². The summed E-state index contributed by atoms with van der Waals surface area (Å²) in [7, 11) is 1.87. The molecule has 2 aromatic carbocycles. The van der Waals surface area contributed by atoms with Gasteiger partial charge < -0.3 is 5.32 Å². The zero-order valence-corrected chi connectivity index (χ0v) is 13.5. The number of hydrogen-bond acceptors (Lipinski definition) is 2. The highest BCUT2D eigenvalue weighted by Gasteiger charge is 2.10. The highest BCUT2D eigenvalue weighted by molar-refractivity contribution is 6.04. The van der Waals surface area contributed by atoms with Crippen molar-refractivity contribution in [2.75, 3.05) is 5.32 Å². The number of benzene rings is 2. The van der Waals surface area contributed by atoms with Crippen molar-refractivity contribution in [3.63, 3.8) is 0 Å². The van der Waals surface area contributed by atoms with Crippen LogP contribution >= 0.6 is 0 Å². The number of anilines is 1. The Bertz CT molecular complexity index is 901. The molecule has 0 fully saturated rings. The average Bonchev–Trinajstić information content (AvgIpc) is 2.79. The molecule has 1 aromatic heterocycles. The third kappa shape index (κ3) is 3.01. The molecule has 0 saturated heterocycles. The van der Waals surface area contributed by atoms with E-state index in [0.717, 1.165) is 33.4 Å². The summed E-state index contributed by atoms with van der Waals surface area (Å²) in [5.41, 5.74) is 3.56. The molecule has 3 aromatic rings. The quantitative estimate of drug-likeness (QED) is 0.747. The van der Waals surface area contributed by atoms with Gasteiger partial charge in [-0.3, -0.25) is 9.48 Å². The molecule has 0 atom stereocenters. The maximum absolute atomic E-state index is 12.2. The van der Waals surface area contributed by atoms with Crippen molar-refractivity contribution in [2.45, 2.75) is 13.8 Å². The zero-order chi connectivity index (χ0) is 16.4. The van der Waals surface area contributed by atoms with Crippen LogP contribution in [-0.4, -0.2) is 15.7 Å². The second-order valence-corrected chi connectivity index (χ2v) is 5.56. The lowest BCUT2D eigenvalue weighted by molar-refractivity contribution is -0.111. The van der Waals surface area contributed by atoms with Gasteiger partial charge in [0.15, 0.2) is 0 Å². The second kappa shape index (κ2) is 6.08. The minimum absolute atomic E-state index is 0.155. The molecule has 4 nitrogen and oxygen atoms in total. The summed E-state index contributed by atoms with van der Waals surface area (Å²) in [5.74, 6) is -0.155. The molecule has 0 radical (unpaired) electrons. The first-order valence-electron chi connectivity index (χ1n) is 7.53. The van der Waals surface area contributed by atoms with Crippen LogP contribution in [0.2, 0.25) is 0 Å². The molecule has 1 heterocycles. The van der Waals surface area contributed by atoms with Crippen LogP contribution in [0.25, 0.3) is 16.8 Å². The fraction of sp³-hybridized carbons (Fsp3) is 0.158. The van der Waals surface area contributed by atoms with E-state index in [1.165, 1.54) is 0 Å². The molecule has 0 unspecified atom stereocenters. The van der Waals surface area contributed by atoms with Crippen LogP contribution in [0.3, 0.4) is 0 Å². The standard InChI is InChI=1S/C19H19N3O/c1-13-19(14(2)22(3)21-13)20-18(23)12-11-16-9-6-8-15-7-4-5-10-17(15)16/h4-12H,1-3H3,(H,20,23)/b12-11+. The maximum atomic E-state index is 12.2. The number of nitrogens with one attached hydrogen (secondary N) is 1. The van der Waals surface area contributed by atoms with E-state index in [2.05, 4.69) is 28.6 Å². The Morgan fingerprint density at radius 3 is 2.61 bits per heavy atom. The van der Waals surface area contributed by atoms with Gasteiger partial charge in [0.05, 0.1) is 17.1 Å². The summed E-state index contributed by atoms with van der Waals surface area (Å²) in [6.07, 6.45) is 3.41. The van der Waals surface area contributed by atoms with E-state index in [-0.39, 0.29) is 5.91 Å². The summed E-state index contributed by atoms with van der Waals surface area (Å²) < 4.78 is 1.76. The van der Waals surface area contributed by atoms with Crippen LogP contribution in [-0.2, 0) is 11.8 Å². The highest BCUT2D eigenvalue weighted by Crippen LogP contribution is 2.20. The SMILES string of the molecule is Cc1nn(C)c(C)c1NC(=O)/C=C/c1cccc2ccccc12. The van der Waals surface area contributed by atoms with Gasteiger partial charge >= 0.3 is 0 Å². The number of nitrogens with zero attached hydrogens (tertiary/aromatic N) is 2. The number of aryl methyl sites for hydroxylation is 2. The fourth-order valence-corrected chi connectivity index (χ4v) is 2.68. The normalized spacial score (nSPS) is 11.3. The molecule has 0 aliphatic carbocycles. The highest BCUT2D eigenvalue weighted by atomic mass is 16.1. The van der Waals surface area contributed by atoms with E-state index in [4.69, 9.17) is 0 Å². The lowest BCUT2D eigenvalue weighted by Gasteiger charge is -2.03. The van der Waals surface area contributed by atoms with Gasteiger partial charge in [0, 0.05) is 13.1 Å². The van der Waals surface area contributed by atoms with Gasteiger partial charge in [-0.05, 0) is 36.3 Å². The molecule has 1 N–H and O–H groups in total. The van der Waals surface area contributed by atoms with Crippen LogP contribution < -0.4 is 5.32 Å². The Kier molecular flexibility index (Phi) is 3.98. The van der Waals surface area contributed by atoms with Gasteiger partial charge in [-0.25, -0.2) is 0 Å². The molecule has 0 spiro atoms. The Hall–Kier alpha value is -2.88. The molecule has 3 rings (SSSR count). The monoisotopic (exact) mass is 305 g/mol. The van der Waals surface area contributed by atoms with Gasteiger partial charge in [-0.1, -0.05) is 42.5 Å². The van der Waals surface area contributed by atoms with Crippen molar-refractivity contribution in [1.82, 2.24) is 9.78 Å². The largest absolute Gasteiger partial charge is 0.319 e. The molecule has 116 valence electrons. The Balaban J connectivity index is 1.83. The Labute approximate surface area is 135 Å². The van der Waals surface area contributed by atoms with Crippen LogP contribution in [0.4, 0.5) is 5.69 Å². The summed E-state index contributed by atoms with van der Waals surface area (Å²) >= 11 is 0. The number of hydrogen-bond donors (Lipinski definition) is 1. The molecule has 23 heavy (non-hydrogen) atoms. The van der Waals surface area contributed by atoms with Gasteiger partial charge in [-0.2, -0.15) is 5.10 Å². The average molecular weight is 305 g/mol. The maximum Gasteiger partial charge on any atom is 0.248 e. The first-order chi connectivity index (χ1) is 11.1. The lowest BCUT2D eigenvalue weighted by Crippen LogP contribution is -2.09. The van der Waals surface area contributed by atoms with E-state index in [1.54, 1.807) is 10.8 Å². The lowest BCUT2D eigenvalue weighted by atomic mass is 10.0. The van der Waals surface area contributed by atoms with Crippen molar-refractivity contribution in [3.8, 4) is 0 Å². The van der Waals surface area contributed by atoms with E-state index in [1.807, 2.05) is 51.2 Å². The van der Waals surface area contributed by atoms with Crippen molar-refractivity contribution in [1.29, 1.82) is 0 Å². The third-order valence-corrected chi connectivity index (χ3v) is 3.99. The number of fused-ring (bicyclic) bond motifs is 1. The van der Waals surface area contributed by atoms with Crippen molar-refractivity contribution in [3.05, 3.63) is 65.5 Å². The van der Waals surface area contributed by atoms with E-state index in [9.17, 15) is 4.79 Å². The molecule has 0 aliphatic rings. The van der Waals surface area contributed by atoms with Crippen LogP contribution in [0.1, 0.15) is 17.0 Å². The number of aromatic nitrogens is 2. The molecule has 4 heteroatoms. The van der Waals surface area contributed by atoms with Crippen molar-refractivity contribution >= 4 is 28.4 Å². The van der Waals surface area contributed by atoms with Gasteiger partial charge in [0.2, 0.25) is 5.91 Å². The Morgan fingerprint density at radius 2 is 1.87 bits per heavy atom. The van der Waals surface area contributed by atoms with Crippen LogP contribution in [0.5, 0.6) is 0 Å². The molecular formula is C19H19N3O. The summed E-state index contributed by atoms with van der Waals surface area (Å²) in [6.45, 7) is 3.82. The molecular weight excluding hydrogens is 286 g/mol. The minimum Gasteiger partial charge on any atom is -0.319 e. The van der Waals surface area contributed by atoms with Crippen molar-refractivity contribution < 1.29 is 4.79 Å². The summed E-state index contributed by atoms with van der Waals surface area (Å²) in [5, 5.41) is 9.50. The van der Waals surface area contributed by atoms with E-state index in [0.29, 0.717) is 0 Å².